The van der Waals surface area contributed by atoms with E-state index in [0.717, 1.165) is 0 Å². The number of aryl methyl sites for hydroxylation is 1. The Hall–Kier alpha value is -2.02. The summed E-state index contributed by atoms with van der Waals surface area (Å²) in [5, 5.41) is 9.32. The standard InChI is InChI=1S/C13H17N3O4/c1-8-14-4-3-10(15-8)12-9(13(18)19)7-11(17)16(12)5-6-20-2/h3-4,9,12H,5-7H2,1-2H3,(H,18,19). The summed E-state index contributed by atoms with van der Waals surface area (Å²) in [6.07, 6.45) is 1.57. The zero-order valence-corrected chi connectivity index (χ0v) is 11.4. The van der Waals surface area contributed by atoms with E-state index >= 15 is 0 Å². The number of aliphatic carboxylic acids is 1. The molecule has 0 saturated carbocycles. The van der Waals surface area contributed by atoms with Crippen molar-refractivity contribution in [3.05, 3.63) is 23.8 Å². The number of carboxylic acid groups (broad SMARTS) is 1. The number of likely N-dealkylation sites (tertiary alicyclic amines) is 1. The van der Waals surface area contributed by atoms with Crippen molar-refractivity contribution >= 4 is 11.9 Å². The average molecular weight is 279 g/mol. The lowest BCUT2D eigenvalue weighted by Gasteiger charge is -2.26. The van der Waals surface area contributed by atoms with Gasteiger partial charge in [-0.2, -0.15) is 0 Å². The highest BCUT2D eigenvalue weighted by atomic mass is 16.5. The van der Waals surface area contributed by atoms with Crippen LogP contribution in [0.25, 0.3) is 0 Å². The molecular weight excluding hydrogens is 262 g/mol. The van der Waals surface area contributed by atoms with E-state index in [4.69, 9.17) is 4.74 Å². The van der Waals surface area contributed by atoms with Crippen molar-refractivity contribution in [1.29, 1.82) is 0 Å². The Morgan fingerprint density at radius 1 is 1.60 bits per heavy atom. The van der Waals surface area contributed by atoms with Crippen LogP contribution in [0.3, 0.4) is 0 Å². The van der Waals surface area contributed by atoms with Gasteiger partial charge in [0.1, 0.15) is 5.82 Å². The van der Waals surface area contributed by atoms with Gasteiger partial charge in [0.25, 0.3) is 0 Å². The zero-order valence-electron chi connectivity index (χ0n) is 11.4. The van der Waals surface area contributed by atoms with Crippen molar-refractivity contribution in [1.82, 2.24) is 14.9 Å². The van der Waals surface area contributed by atoms with E-state index in [9.17, 15) is 14.7 Å². The van der Waals surface area contributed by atoms with E-state index in [2.05, 4.69) is 9.97 Å². The van der Waals surface area contributed by atoms with Crippen molar-refractivity contribution in [2.75, 3.05) is 20.3 Å². The number of carbonyl (C=O) groups is 2. The molecule has 1 aromatic rings. The molecule has 0 aliphatic carbocycles. The number of ether oxygens (including phenoxy) is 1. The number of hydrogen-bond acceptors (Lipinski definition) is 5. The van der Waals surface area contributed by atoms with Gasteiger partial charge in [0, 0.05) is 26.3 Å². The molecule has 7 nitrogen and oxygen atoms in total. The Labute approximate surface area is 116 Å². The van der Waals surface area contributed by atoms with Crippen molar-refractivity contribution in [2.45, 2.75) is 19.4 Å². The quantitative estimate of drug-likeness (QED) is 0.839. The van der Waals surface area contributed by atoms with Crippen LogP contribution in [-0.4, -0.2) is 52.1 Å². The van der Waals surface area contributed by atoms with Crippen LogP contribution < -0.4 is 0 Å². The molecule has 1 fully saturated rings. The molecular formula is C13H17N3O4. The number of methoxy groups -OCH3 is 1. The van der Waals surface area contributed by atoms with E-state index in [1.165, 1.54) is 4.90 Å². The molecule has 1 aromatic heterocycles. The largest absolute Gasteiger partial charge is 0.481 e. The summed E-state index contributed by atoms with van der Waals surface area (Å²) in [6, 6.07) is 1.10. The monoisotopic (exact) mass is 279 g/mol. The minimum Gasteiger partial charge on any atom is -0.481 e. The highest BCUT2D eigenvalue weighted by molar-refractivity contribution is 5.87. The van der Waals surface area contributed by atoms with Crippen LogP contribution in [0.15, 0.2) is 12.3 Å². The third kappa shape index (κ3) is 2.77. The maximum Gasteiger partial charge on any atom is 0.309 e. The highest BCUT2D eigenvalue weighted by Gasteiger charge is 2.45. The van der Waals surface area contributed by atoms with Gasteiger partial charge < -0.3 is 14.7 Å². The maximum atomic E-state index is 12.0. The molecule has 2 unspecified atom stereocenters. The van der Waals surface area contributed by atoms with Crippen LogP contribution in [0.1, 0.15) is 24.0 Å². The molecule has 2 atom stereocenters. The molecule has 108 valence electrons. The van der Waals surface area contributed by atoms with Gasteiger partial charge in [-0.1, -0.05) is 0 Å². The van der Waals surface area contributed by atoms with Crippen LogP contribution in [-0.2, 0) is 14.3 Å². The second-order valence-electron chi connectivity index (χ2n) is 4.70. The normalized spacial score (nSPS) is 22.3. The topological polar surface area (TPSA) is 92.6 Å². The summed E-state index contributed by atoms with van der Waals surface area (Å²) >= 11 is 0. The smallest absolute Gasteiger partial charge is 0.309 e. The number of nitrogens with zero attached hydrogens (tertiary/aromatic N) is 3. The predicted octanol–water partition coefficient (Wildman–Crippen LogP) is 0.406. The SMILES string of the molecule is COCCN1C(=O)CC(C(=O)O)C1c1ccnc(C)n1. The van der Waals surface area contributed by atoms with Gasteiger partial charge in [0.05, 0.1) is 24.3 Å². The molecule has 20 heavy (non-hydrogen) atoms. The first-order valence-corrected chi connectivity index (χ1v) is 6.35. The predicted molar refractivity (Wildman–Crippen MR) is 68.8 cm³/mol. The molecule has 1 saturated heterocycles. The first-order chi connectivity index (χ1) is 9.54. The van der Waals surface area contributed by atoms with Gasteiger partial charge in [0.15, 0.2) is 0 Å². The Morgan fingerprint density at radius 2 is 2.35 bits per heavy atom. The molecule has 0 bridgehead atoms. The van der Waals surface area contributed by atoms with Crippen LogP contribution in [0.4, 0.5) is 0 Å². The summed E-state index contributed by atoms with van der Waals surface area (Å²) in [4.78, 5) is 33.2. The van der Waals surface area contributed by atoms with Crippen molar-refractivity contribution in [3.8, 4) is 0 Å². The lowest BCUT2D eigenvalue weighted by Crippen LogP contribution is -2.33. The summed E-state index contributed by atoms with van der Waals surface area (Å²) in [5.41, 5.74) is 0.562. The Morgan fingerprint density at radius 3 is 2.95 bits per heavy atom. The van der Waals surface area contributed by atoms with E-state index in [-0.39, 0.29) is 12.3 Å². The van der Waals surface area contributed by atoms with E-state index in [1.54, 1.807) is 26.3 Å². The summed E-state index contributed by atoms with van der Waals surface area (Å²) in [5.74, 6) is -1.40. The van der Waals surface area contributed by atoms with Gasteiger partial charge in [0.2, 0.25) is 5.91 Å². The summed E-state index contributed by atoms with van der Waals surface area (Å²) < 4.78 is 4.98. The fourth-order valence-electron chi connectivity index (χ4n) is 2.47. The van der Waals surface area contributed by atoms with E-state index in [0.29, 0.717) is 24.7 Å². The molecule has 2 heterocycles. The lowest BCUT2D eigenvalue weighted by molar-refractivity contribution is -0.142. The molecule has 1 amide bonds. The summed E-state index contributed by atoms with van der Waals surface area (Å²) in [6.45, 7) is 2.45. The van der Waals surface area contributed by atoms with Crippen molar-refractivity contribution in [2.24, 2.45) is 5.92 Å². The highest BCUT2D eigenvalue weighted by Crippen LogP contribution is 2.37. The number of carbonyl (C=O) groups excluding carboxylic acids is 1. The number of hydrogen-bond donors (Lipinski definition) is 1. The third-order valence-corrected chi connectivity index (χ3v) is 3.39. The first-order valence-electron chi connectivity index (χ1n) is 6.35. The number of amides is 1. The maximum absolute atomic E-state index is 12.0. The number of aromatic nitrogens is 2. The fraction of sp³-hybridized carbons (Fsp3) is 0.538. The second-order valence-corrected chi connectivity index (χ2v) is 4.70. The third-order valence-electron chi connectivity index (χ3n) is 3.39. The van der Waals surface area contributed by atoms with Crippen LogP contribution >= 0.6 is 0 Å². The van der Waals surface area contributed by atoms with Crippen molar-refractivity contribution in [3.63, 3.8) is 0 Å². The molecule has 1 aliphatic heterocycles. The summed E-state index contributed by atoms with van der Waals surface area (Å²) in [7, 11) is 1.54. The van der Waals surface area contributed by atoms with Crippen LogP contribution in [0.5, 0.6) is 0 Å². The van der Waals surface area contributed by atoms with E-state index < -0.39 is 17.9 Å². The molecule has 0 radical (unpaired) electrons. The lowest BCUT2D eigenvalue weighted by atomic mass is 9.97. The minimum atomic E-state index is -0.987. The average Bonchev–Trinajstić information content (AvgIpc) is 2.73. The number of carboxylic acids is 1. The molecule has 2 rings (SSSR count). The Kier molecular flexibility index (Phi) is 4.29. The molecule has 1 N–H and O–H groups in total. The first kappa shape index (κ1) is 14.4. The van der Waals surface area contributed by atoms with Gasteiger partial charge in [-0.3, -0.25) is 9.59 Å². The van der Waals surface area contributed by atoms with Gasteiger partial charge in [-0.05, 0) is 13.0 Å². The van der Waals surface area contributed by atoms with Crippen molar-refractivity contribution < 1.29 is 19.4 Å². The zero-order chi connectivity index (χ0) is 14.7. The van der Waals surface area contributed by atoms with Crippen LogP contribution in [0, 0.1) is 12.8 Å². The Balaban J connectivity index is 2.35. The van der Waals surface area contributed by atoms with Gasteiger partial charge in [-0.25, -0.2) is 9.97 Å². The molecule has 0 aromatic carbocycles. The molecule has 7 heteroatoms. The minimum absolute atomic E-state index is 0.00718. The number of rotatable bonds is 5. The van der Waals surface area contributed by atoms with Crippen LogP contribution in [0.2, 0.25) is 0 Å². The second kappa shape index (κ2) is 5.96. The van der Waals surface area contributed by atoms with E-state index in [1.807, 2.05) is 0 Å². The molecule has 1 aliphatic rings. The molecule has 0 spiro atoms. The fourth-order valence-corrected chi connectivity index (χ4v) is 2.47. The van der Waals surface area contributed by atoms with Gasteiger partial charge >= 0.3 is 5.97 Å². The Bertz CT molecular complexity index is 520. The van der Waals surface area contributed by atoms with Gasteiger partial charge in [-0.15, -0.1) is 0 Å².